The smallest absolute Gasteiger partial charge is 0.261 e. The number of amides is 1. The minimum absolute atomic E-state index is 0.00580. The first-order valence-electron chi connectivity index (χ1n) is 10.3. The van der Waals surface area contributed by atoms with Crippen molar-refractivity contribution in [3.63, 3.8) is 0 Å². The van der Waals surface area contributed by atoms with E-state index in [1.54, 1.807) is 0 Å². The van der Waals surface area contributed by atoms with E-state index in [0.717, 1.165) is 23.2 Å². The molecule has 0 fully saturated rings. The zero-order chi connectivity index (χ0) is 20.5. The van der Waals surface area contributed by atoms with Gasteiger partial charge in [-0.05, 0) is 42.7 Å². The van der Waals surface area contributed by atoms with Gasteiger partial charge in [-0.25, -0.2) is 0 Å². The number of hydrogen-bond donors (Lipinski definition) is 1. The molecule has 0 spiro atoms. The van der Waals surface area contributed by atoms with Crippen molar-refractivity contribution in [3.8, 4) is 5.75 Å². The summed E-state index contributed by atoms with van der Waals surface area (Å²) in [6.45, 7) is 2.78. The van der Waals surface area contributed by atoms with Crippen molar-refractivity contribution in [1.29, 1.82) is 0 Å². The first-order chi connectivity index (χ1) is 14.7. The molecule has 150 valence electrons. The third kappa shape index (κ3) is 3.35. The monoisotopic (exact) mass is 396 g/mol. The molecule has 1 aliphatic rings. The van der Waals surface area contributed by atoms with Crippen molar-refractivity contribution < 1.29 is 9.53 Å². The van der Waals surface area contributed by atoms with Crippen LogP contribution in [-0.4, -0.2) is 28.9 Å². The van der Waals surface area contributed by atoms with Crippen LogP contribution < -0.4 is 4.74 Å². The van der Waals surface area contributed by atoms with Crippen LogP contribution in [0.2, 0.25) is 0 Å². The molecule has 1 atom stereocenters. The van der Waals surface area contributed by atoms with Crippen molar-refractivity contribution in [3.05, 3.63) is 101 Å². The molecule has 1 aliphatic heterocycles. The lowest BCUT2D eigenvalue weighted by Gasteiger charge is -2.36. The first kappa shape index (κ1) is 18.5. The summed E-state index contributed by atoms with van der Waals surface area (Å²) in [4.78, 5) is 18.8. The number of aryl methyl sites for hydroxylation is 1. The summed E-state index contributed by atoms with van der Waals surface area (Å²) in [5.74, 6) is 0.704. The number of hydrogen-bond acceptors (Lipinski definition) is 2. The number of fused-ring (bicyclic) bond motifs is 3. The Bertz CT molecular complexity index is 1180. The van der Waals surface area contributed by atoms with Crippen LogP contribution >= 0.6 is 0 Å². The number of benzene rings is 3. The first-order valence-corrected chi connectivity index (χ1v) is 10.3. The minimum atomic E-state index is -0.145. The van der Waals surface area contributed by atoms with Gasteiger partial charge in [0.25, 0.3) is 5.91 Å². The number of nitrogens with one attached hydrogen (secondary N) is 1. The zero-order valence-electron chi connectivity index (χ0n) is 17.0. The van der Waals surface area contributed by atoms with Gasteiger partial charge in [0.2, 0.25) is 0 Å². The normalized spacial score (nSPS) is 15.8. The highest BCUT2D eigenvalue weighted by atomic mass is 16.5. The summed E-state index contributed by atoms with van der Waals surface area (Å²) in [5, 5.41) is 1.25. The number of para-hydroxylation sites is 2. The quantitative estimate of drug-likeness (QED) is 0.526. The van der Waals surface area contributed by atoms with E-state index in [1.807, 2.05) is 41.3 Å². The maximum absolute atomic E-state index is 13.2. The van der Waals surface area contributed by atoms with Crippen LogP contribution in [0.25, 0.3) is 10.9 Å². The van der Waals surface area contributed by atoms with Gasteiger partial charge >= 0.3 is 0 Å². The second-order valence-corrected chi connectivity index (χ2v) is 7.81. The van der Waals surface area contributed by atoms with Crippen LogP contribution in [0, 0.1) is 6.92 Å². The fraction of sp³-hybridized carbons (Fsp3) is 0.192. The van der Waals surface area contributed by atoms with Crippen molar-refractivity contribution in [1.82, 2.24) is 9.88 Å². The largest absolute Gasteiger partial charge is 0.484 e. The molecule has 4 nitrogen and oxygen atoms in total. The molecule has 0 saturated heterocycles. The lowest BCUT2D eigenvalue weighted by atomic mass is 9.92. The van der Waals surface area contributed by atoms with E-state index >= 15 is 0 Å². The third-order valence-corrected chi connectivity index (χ3v) is 5.85. The maximum atomic E-state index is 13.2. The van der Waals surface area contributed by atoms with Gasteiger partial charge in [0.05, 0.1) is 6.04 Å². The average Bonchev–Trinajstić information content (AvgIpc) is 3.17. The molecular formula is C26H24N2O2. The Morgan fingerprint density at radius 3 is 2.53 bits per heavy atom. The fourth-order valence-corrected chi connectivity index (χ4v) is 4.35. The average molecular weight is 396 g/mol. The van der Waals surface area contributed by atoms with Crippen molar-refractivity contribution in [2.75, 3.05) is 13.2 Å². The Balaban J connectivity index is 1.51. The molecule has 1 unspecified atom stereocenters. The SMILES string of the molecule is Cc1ccc(C2c3[nH]c4ccccc4c3CCN2C(=O)COc2ccccc2)cc1. The van der Waals surface area contributed by atoms with Gasteiger partial charge in [-0.1, -0.05) is 66.2 Å². The summed E-state index contributed by atoms with van der Waals surface area (Å²) in [6, 6.07) is 26.2. The van der Waals surface area contributed by atoms with E-state index < -0.39 is 0 Å². The Morgan fingerprint density at radius 1 is 1.00 bits per heavy atom. The summed E-state index contributed by atoms with van der Waals surface area (Å²) in [6.07, 6.45) is 0.832. The Kier molecular flexibility index (Phi) is 4.75. The highest BCUT2D eigenvalue weighted by molar-refractivity contribution is 5.87. The molecule has 1 aromatic heterocycles. The van der Waals surface area contributed by atoms with Gasteiger partial charge in [0.1, 0.15) is 5.75 Å². The van der Waals surface area contributed by atoms with Gasteiger partial charge in [-0.2, -0.15) is 0 Å². The second kappa shape index (κ2) is 7.71. The molecule has 4 aromatic rings. The van der Waals surface area contributed by atoms with Gasteiger partial charge in [0, 0.05) is 23.1 Å². The Hall–Kier alpha value is -3.53. The second-order valence-electron chi connectivity index (χ2n) is 7.81. The van der Waals surface area contributed by atoms with Crippen LogP contribution in [0.3, 0.4) is 0 Å². The third-order valence-electron chi connectivity index (χ3n) is 5.85. The Morgan fingerprint density at radius 2 is 1.73 bits per heavy atom. The van der Waals surface area contributed by atoms with E-state index in [4.69, 9.17) is 4.74 Å². The van der Waals surface area contributed by atoms with E-state index in [-0.39, 0.29) is 18.6 Å². The summed E-state index contributed by atoms with van der Waals surface area (Å²) in [5.41, 5.74) is 5.86. The molecule has 0 aliphatic carbocycles. The predicted molar refractivity (Wildman–Crippen MR) is 119 cm³/mol. The maximum Gasteiger partial charge on any atom is 0.261 e. The van der Waals surface area contributed by atoms with E-state index in [1.165, 1.54) is 16.5 Å². The van der Waals surface area contributed by atoms with Crippen LogP contribution in [0.4, 0.5) is 0 Å². The number of carbonyl (C=O) groups excluding carboxylic acids is 1. The number of nitrogens with zero attached hydrogens (tertiary/aromatic N) is 1. The van der Waals surface area contributed by atoms with Crippen LogP contribution in [0.15, 0.2) is 78.9 Å². The Labute approximate surface area is 176 Å². The number of carbonyl (C=O) groups is 1. The van der Waals surface area contributed by atoms with Crippen LogP contribution in [0.5, 0.6) is 5.75 Å². The number of aromatic nitrogens is 1. The number of rotatable bonds is 4. The zero-order valence-corrected chi connectivity index (χ0v) is 17.0. The summed E-state index contributed by atoms with van der Waals surface area (Å²) in [7, 11) is 0. The number of aromatic amines is 1. The molecule has 1 amide bonds. The minimum Gasteiger partial charge on any atom is -0.484 e. The number of H-pyrrole nitrogens is 1. The van der Waals surface area contributed by atoms with E-state index in [2.05, 4.69) is 54.4 Å². The molecule has 0 radical (unpaired) electrons. The molecule has 30 heavy (non-hydrogen) atoms. The molecule has 3 aromatic carbocycles. The van der Waals surface area contributed by atoms with Gasteiger partial charge in [-0.15, -0.1) is 0 Å². The molecule has 4 heteroatoms. The van der Waals surface area contributed by atoms with Crippen LogP contribution in [0.1, 0.15) is 28.4 Å². The summed E-state index contributed by atoms with van der Waals surface area (Å²) < 4.78 is 5.77. The van der Waals surface area contributed by atoms with Crippen LogP contribution in [-0.2, 0) is 11.2 Å². The van der Waals surface area contributed by atoms with Gasteiger partial charge in [-0.3, -0.25) is 4.79 Å². The topological polar surface area (TPSA) is 45.3 Å². The van der Waals surface area contributed by atoms with Gasteiger partial charge in [0.15, 0.2) is 6.61 Å². The molecular weight excluding hydrogens is 372 g/mol. The lowest BCUT2D eigenvalue weighted by Crippen LogP contribution is -2.42. The van der Waals surface area contributed by atoms with Crippen molar-refractivity contribution in [2.45, 2.75) is 19.4 Å². The fourth-order valence-electron chi connectivity index (χ4n) is 4.35. The molecule has 0 saturated carbocycles. The molecule has 0 bridgehead atoms. The highest BCUT2D eigenvalue weighted by Crippen LogP contribution is 2.38. The lowest BCUT2D eigenvalue weighted by molar-refractivity contribution is -0.135. The van der Waals surface area contributed by atoms with Crippen molar-refractivity contribution >= 4 is 16.8 Å². The molecule has 1 N–H and O–H groups in total. The standard InChI is InChI=1S/C26H24N2O2/c1-18-11-13-19(14-12-18)26-25-22(21-9-5-6-10-23(21)27-25)15-16-28(26)24(29)17-30-20-7-3-2-4-8-20/h2-14,26-27H,15-17H2,1H3. The predicted octanol–water partition coefficient (Wildman–Crippen LogP) is 5.03. The highest BCUT2D eigenvalue weighted by Gasteiger charge is 2.34. The van der Waals surface area contributed by atoms with Crippen molar-refractivity contribution in [2.24, 2.45) is 0 Å². The summed E-state index contributed by atoms with van der Waals surface area (Å²) >= 11 is 0. The van der Waals surface area contributed by atoms with E-state index in [0.29, 0.717) is 12.3 Å². The number of ether oxygens (including phenoxy) is 1. The van der Waals surface area contributed by atoms with Gasteiger partial charge < -0.3 is 14.6 Å². The molecule has 2 heterocycles. The van der Waals surface area contributed by atoms with E-state index in [9.17, 15) is 4.79 Å². The molecule has 5 rings (SSSR count).